The number of fused-ring (bicyclic) bond motifs is 1. The van der Waals surface area contributed by atoms with Crippen molar-refractivity contribution in [2.75, 3.05) is 0 Å². The number of carbonyl (C=O) groups excluding carboxylic acids is 1. The Morgan fingerprint density at radius 2 is 2.45 bits per heavy atom. The zero-order valence-electron chi connectivity index (χ0n) is 6.20. The molecule has 0 bridgehead atoms. The predicted molar refractivity (Wildman–Crippen MR) is 40.1 cm³/mol. The molecule has 1 saturated heterocycles. The van der Waals surface area contributed by atoms with Gasteiger partial charge < -0.3 is 10.1 Å². The molecular formula is C8H9NO2. The summed E-state index contributed by atoms with van der Waals surface area (Å²) in [4.78, 5) is 10.7. The van der Waals surface area contributed by atoms with E-state index in [0.717, 1.165) is 5.57 Å². The van der Waals surface area contributed by atoms with E-state index in [-0.39, 0.29) is 18.2 Å². The van der Waals surface area contributed by atoms with Gasteiger partial charge in [-0.25, -0.2) is 4.79 Å². The van der Waals surface area contributed by atoms with Crippen LogP contribution < -0.4 is 5.32 Å². The lowest BCUT2D eigenvalue weighted by molar-refractivity contribution is 0.155. The molecule has 11 heavy (non-hydrogen) atoms. The summed E-state index contributed by atoms with van der Waals surface area (Å²) in [7, 11) is 0. The largest absolute Gasteiger partial charge is 0.439 e. The minimum atomic E-state index is -0.324. The minimum absolute atomic E-state index is 0.0474. The molecule has 58 valence electrons. The fourth-order valence-corrected chi connectivity index (χ4v) is 1.31. The minimum Gasteiger partial charge on any atom is -0.439 e. The van der Waals surface area contributed by atoms with Crippen LogP contribution in [0.4, 0.5) is 4.79 Å². The molecule has 2 unspecified atom stereocenters. The van der Waals surface area contributed by atoms with Crippen molar-refractivity contribution in [2.45, 2.75) is 19.1 Å². The Labute approximate surface area is 64.7 Å². The SMILES string of the molecule is CC1=CC2OC(=O)NC2C=C1. The highest BCUT2D eigenvalue weighted by Gasteiger charge is 2.31. The van der Waals surface area contributed by atoms with Gasteiger partial charge in [-0.15, -0.1) is 0 Å². The Bertz CT molecular complexity index is 255. The molecule has 1 N–H and O–H groups in total. The van der Waals surface area contributed by atoms with Crippen LogP contribution in [0.1, 0.15) is 6.92 Å². The lowest BCUT2D eigenvalue weighted by Gasteiger charge is -2.13. The zero-order valence-corrected chi connectivity index (χ0v) is 6.20. The van der Waals surface area contributed by atoms with E-state index in [4.69, 9.17) is 4.74 Å². The smallest absolute Gasteiger partial charge is 0.408 e. The van der Waals surface area contributed by atoms with E-state index in [1.807, 2.05) is 25.2 Å². The summed E-state index contributed by atoms with van der Waals surface area (Å²) in [6.45, 7) is 1.98. The second-order valence-electron chi connectivity index (χ2n) is 2.81. The third-order valence-electron chi connectivity index (χ3n) is 1.88. The molecule has 1 aliphatic heterocycles. The van der Waals surface area contributed by atoms with Gasteiger partial charge in [0, 0.05) is 0 Å². The number of alkyl carbamates (subject to hydrolysis) is 1. The molecule has 2 atom stereocenters. The van der Waals surface area contributed by atoms with Gasteiger partial charge in [0.2, 0.25) is 0 Å². The van der Waals surface area contributed by atoms with Crippen molar-refractivity contribution in [3.05, 3.63) is 23.8 Å². The maximum Gasteiger partial charge on any atom is 0.408 e. The van der Waals surface area contributed by atoms with Crippen LogP contribution in [0.5, 0.6) is 0 Å². The van der Waals surface area contributed by atoms with Gasteiger partial charge in [-0.1, -0.05) is 17.7 Å². The Morgan fingerprint density at radius 3 is 3.27 bits per heavy atom. The van der Waals surface area contributed by atoms with E-state index in [0.29, 0.717) is 0 Å². The third-order valence-corrected chi connectivity index (χ3v) is 1.88. The molecule has 3 heteroatoms. The van der Waals surface area contributed by atoms with Crippen molar-refractivity contribution in [1.82, 2.24) is 5.32 Å². The van der Waals surface area contributed by atoms with E-state index < -0.39 is 0 Å². The summed E-state index contributed by atoms with van der Waals surface area (Å²) in [5.74, 6) is 0. The lowest BCUT2D eigenvalue weighted by atomic mass is 10.0. The molecule has 0 aromatic heterocycles. The summed E-state index contributed by atoms with van der Waals surface area (Å²) in [6.07, 6.45) is 5.46. The number of rotatable bonds is 0. The van der Waals surface area contributed by atoms with Crippen molar-refractivity contribution < 1.29 is 9.53 Å². The van der Waals surface area contributed by atoms with Crippen molar-refractivity contribution in [3.8, 4) is 0 Å². The normalized spacial score (nSPS) is 33.9. The average molecular weight is 151 g/mol. The van der Waals surface area contributed by atoms with Crippen LogP contribution in [-0.2, 0) is 4.74 Å². The molecular weight excluding hydrogens is 142 g/mol. The molecule has 1 aliphatic carbocycles. The van der Waals surface area contributed by atoms with E-state index in [2.05, 4.69) is 5.32 Å². The molecule has 2 aliphatic rings. The van der Waals surface area contributed by atoms with Gasteiger partial charge in [-0.05, 0) is 13.0 Å². The van der Waals surface area contributed by atoms with E-state index >= 15 is 0 Å². The highest BCUT2D eigenvalue weighted by atomic mass is 16.6. The molecule has 0 spiro atoms. The van der Waals surface area contributed by atoms with E-state index in [9.17, 15) is 4.79 Å². The number of nitrogens with one attached hydrogen (secondary N) is 1. The van der Waals surface area contributed by atoms with Crippen LogP contribution in [0.3, 0.4) is 0 Å². The number of hydrogen-bond acceptors (Lipinski definition) is 2. The Kier molecular flexibility index (Phi) is 1.24. The Balaban J connectivity index is 2.23. The summed E-state index contributed by atoms with van der Waals surface area (Å²) in [5, 5.41) is 2.68. The molecule has 3 nitrogen and oxygen atoms in total. The Morgan fingerprint density at radius 1 is 1.64 bits per heavy atom. The van der Waals surface area contributed by atoms with Crippen LogP contribution in [-0.4, -0.2) is 18.2 Å². The number of carbonyl (C=O) groups is 1. The van der Waals surface area contributed by atoms with Crippen LogP contribution in [0.25, 0.3) is 0 Å². The molecule has 0 aromatic carbocycles. The molecule has 0 radical (unpaired) electrons. The van der Waals surface area contributed by atoms with Gasteiger partial charge in [0.15, 0.2) is 0 Å². The van der Waals surface area contributed by atoms with Gasteiger partial charge >= 0.3 is 6.09 Å². The van der Waals surface area contributed by atoms with Crippen molar-refractivity contribution >= 4 is 6.09 Å². The fourth-order valence-electron chi connectivity index (χ4n) is 1.31. The third kappa shape index (κ3) is 1.02. The van der Waals surface area contributed by atoms with Crippen LogP contribution in [0.15, 0.2) is 23.8 Å². The number of amides is 1. The summed E-state index contributed by atoms with van der Waals surface area (Å²) in [6, 6.07) is 0.0474. The monoisotopic (exact) mass is 151 g/mol. The first-order valence-electron chi connectivity index (χ1n) is 3.59. The summed E-state index contributed by atoms with van der Waals surface area (Å²) >= 11 is 0. The van der Waals surface area contributed by atoms with Gasteiger partial charge in [-0.3, -0.25) is 0 Å². The maximum atomic E-state index is 10.7. The highest BCUT2D eigenvalue weighted by molar-refractivity contribution is 5.71. The number of allylic oxidation sites excluding steroid dienone is 2. The van der Waals surface area contributed by atoms with E-state index in [1.165, 1.54) is 0 Å². The van der Waals surface area contributed by atoms with Crippen molar-refractivity contribution in [2.24, 2.45) is 0 Å². The maximum absolute atomic E-state index is 10.7. The fraction of sp³-hybridized carbons (Fsp3) is 0.375. The standard InChI is InChI=1S/C8H9NO2/c1-5-2-3-6-7(4-5)11-8(10)9-6/h2-4,6-7H,1H3,(H,9,10). The summed E-state index contributed by atoms with van der Waals surface area (Å²) < 4.78 is 4.96. The first-order chi connectivity index (χ1) is 5.25. The second-order valence-corrected chi connectivity index (χ2v) is 2.81. The molecule has 2 rings (SSSR count). The highest BCUT2D eigenvalue weighted by Crippen LogP contribution is 2.18. The number of ether oxygens (including phenoxy) is 1. The van der Waals surface area contributed by atoms with Crippen LogP contribution in [0.2, 0.25) is 0 Å². The second kappa shape index (κ2) is 2.12. The van der Waals surface area contributed by atoms with Crippen LogP contribution >= 0.6 is 0 Å². The first kappa shape index (κ1) is 6.46. The topological polar surface area (TPSA) is 38.3 Å². The molecule has 1 amide bonds. The van der Waals surface area contributed by atoms with Gasteiger partial charge in [-0.2, -0.15) is 0 Å². The van der Waals surface area contributed by atoms with Gasteiger partial charge in [0.25, 0.3) is 0 Å². The zero-order chi connectivity index (χ0) is 7.84. The van der Waals surface area contributed by atoms with Crippen molar-refractivity contribution in [1.29, 1.82) is 0 Å². The van der Waals surface area contributed by atoms with Crippen molar-refractivity contribution in [3.63, 3.8) is 0 Å². The Hall–Kier alpha value is -1.25. The van der Waals surface area contributed by atoms with E-state index in [1.54, 1.807) is 0 Å². The first-order valence-corrected chi connectivity index (χ1v) is 3.59. The quantitative estimate of drug-likeness (QED) is 0.560. The van der Waals surface area contributed by atoms with Gasteiger partial charge in [0.1, 0.15) is 6.10 Å². The summed E-state index contributed by atoms with van der Waals surface area (Å²) in [5.41, 5.74) is 1.14. The van der Waals surface area contributed by atoms with Crippen LogP contribution in [0, 0.1) is 0 Å². The average Bonchev–Trinajstić information content (AvgIpc) is 2.27. The van der Waals surface area contributed by atoms with Gasteiger partial charge in [0.05, 0.1) is 6.04 Å². The molecule has 1 heterocycles. The predicted octanol–water partition coefficient (Wildman–Crippen LogP) is 0.980. The molecule has 1 fully saturated rings. The number of hydrogen-bond donors (Lipinski definition) is 1. The molecule has 0 saturated carbocycles. The lowest BCUT2D eigenvalue weighted by Crippen LogP contribution is -2.29. The molecule has 0 aromatic rings.